The molecule has 6 nitrogen and oxygen atoms in total. The quantitative estimate of drug-likeness (QED) is 0.761. The van der Waals surface area contributed by atoms with Gasteiger partial charge >= 0.3 is 5.97 Å². The van der Waals surface area contributed by atoms with Gasteiger partial charge in [0.2, 0.25) is 0 Å². The molecule has 0 aliphatic carbocycles. The molecule has 1 aliphatic rings. The fraction of sp³-hybridized carbons (Fsp3) is 0.556. The van der Waals surface area contributed by atoms with Crippen LogP contribution in [0.15, 0.2) is 18.5 Å². The number of benzene rings is 1. The van der Waals surface area contributed by atoms with Gasteiger partial charge in [-0.25, -0.2) is 9.78 Å². The summed E-state index contributed by atoms with van der Waals surface area (Å²) >= 11 is 0. The SMILES string of the molecule is CCOC(=O)COCC1CCC(n2cnc3cc(C)c(C)cc32)O1. The number of nitrogens with zero attached hydrogens (tertiary/aromatic N) is 2. The molecule has 3 rings (SSSR count). The number of hydrogen-bond donors (Lipinski definition) is 0. The Morgan fingerprint density at radius 1 is 1.33 bits per heavy atom. The Bertz CT molecular complexity index is 725. The van der Waals surface area contributed by atoms with Gasteiger partial charge in [-0.1, -0.05) is 0 Å². The zero-order chi connectivity index (χ0) is 17.1. The number of imidazole rings is 1. The largest absolute Gasteiger partial charge is 0.464 e. The molecule has 2 atom stereocenters. The van der Waals surface area contributed by atoms with E-state index in [0.29, 0.717) is 13.2 Å². The van der Waals surface area contributed by atoms with Crippen molar-refractivity contribution in [1.29, 1.82) is 0 Å². The summed E-state index contributed by atoms with van der Waals surface area (Å²) in [5, 5.41) is 0. The van der Waals surface area contributed by atoms with Crippen molar-refractivity contribution in [2.45, 2.75) is 45.9 Å². The van der Waals surface area contributed by atoms with Crippen molar-refractivity contribution in [3.8, 4) is 0 Å². The van der Waals surface area contributed by atoms with Crippen molar-refractivity contribution < 1.29 is 19.0 Å². The molecule has 6 heteroatoms. The van der Waals surface area contributed by atoms with Crippen molar-refractivity contribution >= 4 is 17.0 Å². The highest BCUT2D eigenvalue weighted by molar-refractivity contribution is 5.77. The van der Waals surface area contributed by atoms with Crippen LogP contribution in [0.4, 0.5) is 0 Å². The highest BCUT2D eigenvalue weighted by atomic mass is 16.6. The molecule has 24 heavy (non-hydrogen) atoms. The number of aryl methyl sites for hydroxylation is 2. The second-order valence-corrected chi connectivity index (χ2v) is 6.19. The molecule has 2 unspecified atom stereocenters. The minimum absolute atomic E-state index is 0.00609. The van der Waals surface area contributed by atoms with Crippen LogP contribution in [0.2, 0.25) is 0 Å². The normalized spacial score (nSPS) is 20.6. The number of esters is 1. The van der Waals surface area contributed by atoms with E-state index in [9.17, 15) is 4.79 Å². The van der Waals surface area contributed by atoms with Crippen LogP contribution in [-0.4, -0.2) is 41.4 Å². The molecule has 130 valence electrons. The first-order valence-corrected chi connectivity index (χ1v) is 8.41. The monoisotopic (exact) mass is 332 g/mol. The van der Waals surface area contributed by atoms with Crippen molar-refractivity contribution in [3.63, 3.8) is 0 Å². The number of fused-ring (bicyclic) bond motifs is 1. The standard InChI is InChI=1S/C18H24N2O4/c1-4-23-18(21)10-22-9-14-5-6-17(24-14)20-11-19-15-7-12(2)13(3)8-16(15)20/h7-8,11,14,17H,4-6,9-10H2,1-3H3. The van der Waals surface area contributed by atoms with E-state index >= 15 is 0 Å². The predicted octanol–water partition coefficient (Wildman–Crippen LogP) is 2.91. The minimum atomic E-state index is -0.335. The van der Waals surface area contributed by atoms with Gasteiger partial charge in [-0.2, -0.15) is 0 Å². The molecule has 1 aromatic carbocycles. The lowest BCUT2D eigenvalue weighted by molar-refractivity contribution is -0.150. The maximum Gasteiger partial charge on any atom is 0.332 e. The molecule has 1 aromatic heterocycles. The van der Waals surface area contributed by atoms with Crippen molar-refractivity contribution in [1.82, 2.24) is 9.55 Å². The zero-order valence-electron chi connectivity index (χ0n) is 14.4. The Balaban J connectivity index is 1.60. The van der Waals surface area contributed by atoms with E-state index in [1.54, 1.807) is 6.92 Å². The molecule has 1 fully saturated rings. The second kappa shape index (κ2) is 7.32. The molecule has 0 radical (unpaired) electrons. The third kappa shape index (κ3) is 3.60. The first kappa shape index (κ1) is 16.9. The summed E-state index contributed by atoms with van der Waals surface area (Å²) in [6, 6.07) is 4.27. The molecule has 2 heterocycles. The molecule has 0 spiro atoms. The fourth-order valence-corrected chi connectivity index (χ4v) is 3.00. The summed E-state index contributed by atoms with van der Waals surface area (Å²) in [4.78, 5) is 15.8. The van der Waals surface area contributed by atoms with Crippen LogP contribution in [0, 0.1) is 13.8 Å². The number of aromatic nitrogens is 2. The summed E-state index contributed by atoms with van der Waals surface area (Å²) in [5.41, 5.74) is 4.57. The second-order valence-electron chi connectivity index (χ2n) is 6.19. The molecular formula is C18H24N2O4. The van der Waals surface area contributed by atoms with E-state index in [4.69, 9.17) is 14.2 Å². The van der Waals surface area contributed by atoms with Gasteiger partial charge in [0.05, 0.1) is 36.7 Å². The Hall–Kier alpha value is -1.92. The highest BCUT2D eigenvalue weighted by Crippen LogP contribution is 2.31. The van der Waals surface area contributed by atoms with Gasteiger partial charge in [0.25, 0.3) is 0 Å². The maximum absolute atomic E-state index is 11.3. The number of hydrogen-bond acceptors (Lipinski definition) is 5. The van der Waals surface area contributed by atoms with Crippen molar-refractivity contribution in [3.05, 3.63) is 29.6 Å². The Morgan fingerprint density at radius 3 is 2.92 bits per heavy atom. The highest BCUT2D eigenvalue weighted by Gasteiger charge is 2.28. The third-order valence-corrected chi connectivity index (χ3v) is 4.41. The first-order valence-electron chi connectivity index (χ1n) is 8.41. The molecule has 2 aromatic rings. The van der Waals surface area contributed by atoms with Crippen LogP contribution >= 0.6 is 0 Å². The maximum atomic E-state index is 11.3. The predicted molar refractivity (Wildman–Crippen MR) is 89.8 cm³/mol. The lowest BCUT2D eigenvalue weighted by atomic mass is 10.1. The average molecular weight is 332 g/mol. The first-order chi connectivity index (χ1) is 11.6. The summed E-state index contributed by atoms with van der Waals surface area (Å²) in [6.45, 7) is 6.73. The van der Waals surface area contributed by atoms with Gasteiger partial charge in [-0.3, -0.25) is 0 Å². The molecular weight excluding hydrogens is 308 g/mol. The lowest BCUT2D eigenvalue weighted by Gasteiger charge is -2.16. The molecule has 0 N–H and O–H groups in total. The Morgan fingerprint density at radius 2 is 2.12 bits per heavy atom. The third-order valence-electron chi connectivity index (χ3n) is 4.41. The molecule has 0 saturated carbocycles. The lowest BCUT2D eigenvalue weighted by Crippen LogP contribution is -2.20. The van der Waals surface area contributed by atoms with Crippen LogP contribution in [0.3, 0.4) is 0 Å². The molecule has 0 amide bonds. The summed E-state index contributed by atoms with van der Waals surface area (Å²) in [5.74, 6) is -0.335. The zero-order valence-corrected chi connectivity index (χ0v) is 14.4. The summed E-state index contributed by atoms with van der Waals surface area (Å²) < 4.78 is 18.4. The van der Waals surface area contributed by atoms with E-state index in [1.807, 2.05) is 6.33 Å². The van der Waals surface area contributed by atoms with Gasteiger partial charge in [0.1, 0.15) is 12.8 Å². The van der Waals surface area contributed by atoms with E-state index in [0.717, 1.165) is 23.9 Å². The number of rotatable bonds is 6. The van der Waals surface area contributed by atoms with Crippen LogP contribution in [-0.2, 0) is 19.0 Å². The average Bonchev–Trinajstić information content (AvgIpc) is 3.15. The molecule has 1 saturated heterocycles. The van der Waals surface area contributed by atoms with Gasteiger partial charge in [-0.15, -0.1) is 0 Å². The van der Waals surface area contributed by atoms with E-state index < -0.39 is 0 Å². The summed E-state index contributed by atoms with van der Waals surface area (Å²) in [7, 11) is 0. The van der Waals surface area contributed by atoms with Gasteiger partial charge in [0, 0.05) is 0 Å². The van der Waals surface area contributed by atoms with E-state index in [-0.39, 0.29) is 24.9 Å². The van der Waals surface area contributed by atoms with Gasteiger partial charge < -0.3 is 18.8 Å². The summed E-state index contributed by atoms with van der Waals surface area (Å²) in [6.07, 6.45) is 3.61. The van der Waals surface area contributed by atoms with Crippen molar-refractivity contribution in [2.75, 3.05) is 19.8 Å². The fourth-order valence-electron chi connectivity index (χ4n) is 3.00. The number of carbonyl (C=O) groups excluding carboxylic acids is 1. The van der Waals surface area contributed by atoms with Crippen LogP contribution in [0.25, 0.3) is 11.0 Å². The van der Waals surface area contributed by atoms with E-state index in [1.165, 1.54) is 11.1 Å². The van der Waals surface area contributed by atoms with E-state index in [2.05, 4.69) is 35.5 Å². The Kier molecular flexibility index (Phi) is 5.16. The topological polar surface area (TPSA) is 62.6 Å². The number of ether oxygens (including phenoxy) is 3. The minimum Gasteiger partial charge on any atom is -0.464 e. The molecule has 0 bridgehead atoms. The smallest absolute Gasteiger partial charge is 0.332 e. The van der Waals surface area contributed by atoms with Crippen LogP contribution in [0.5, 0.6) is 0 Å². The van der Waals surface area contributed by atoms with Crippen LogP contribution < -0.4 is 0 Å². The van der Waals surface area contributed by atoms with Gasteiger partial charge in [0.15, 0.2) is 0 Å². The van der Waals surface area contributed by atoms with Gasteiger partial charge in [-0.05, 0) is 56.9 Å². The number of carbonyl (C=O) groups is 1. The van der Waals surface area contributed by atoms with Crippen LogP contribution in [0.1, 0.15) is 37.1 Å². The van der Waals surface area contributed by atoms with Crippen molar-refractivity contribution in [2.24, 2.45) is 0 Å². The Labute approximate surface area is 141 Å². The molecule has 1 aliphatic heterocycles.